The van der Waals surface area contributed by atoms with Crippen molar-refractivity contribution in [2.45, 2.75) is 26.2 Å². The van der Waals surface area contributed by atoms with E-state index in [1.165, 1.54) is 26.0 Å². The number of halogens is 8. The Morgan fingerprint density at radius 1 is 0.611 bits per heavy atom. The van der Waals surface area contributed by atoms with Crippen molar-refractivity contribution in [1.29, 1.82) is 0 Å². The van der Waals surface area contributed by atoms with E-state index in [-0.39, 0.29) is 0 Å². The van der Waals surface area contributed by atoms with E-state index in [0.717, 1.165) is 24.3 Å². The monoisotopic (exact) mass is 518 g/mol. The lowest BCUT2D eigenvalue weighted by molar-refractivity contribution is -0.163. The molecule has 36 heavy (non-hydrogen) atoms. The predicted octanol–water partition coefficient (Wildman–Crippen LogP) is 7.06. The molecule has 0 heterocycles. The van der Waals surface area contributed by atoms with Gasteiger partial charge in [-0.1, -0.05) is 12.1 Å². The summed E-state index contributed by atoms with van der Waals surface area (Å²) >= 11 is 0. The third-order valence-electron chi connectivity index (χ3n) is 4.79. The maximum Gasteiger partial charge on any atom is 0.420 e. The zero-order chi connectivity index (χ0) is 27.0. The molecule has 3 aromatic rings. The summed E-state index contributed by atoms with van der Waals surface area (Å²) < 4.78 is 120. The van der Waals surface area contributed by atoms with Gasteiger partial charge < -0.3 is 9.47 Å². The first-order valence-electron chi connectivity index (χ1n) is 9.87. The van der Waals surface area contributed by atoms with Gasteiger partial charge in [0.25, 0.3) is 0 Å². The Kier molecular flexibility index (Phi) is 7.10. The minimum Gasteiger partial charge on any atom is -0.422 e. The molecule has 0 radical (unpaired) electrons. The number of aryl methyl sites for hydroxylation is 2. The van der Waals surface area contributed by atoms with Crippen LogP contribution < -0.4 is 9.47 Å². The van der Waals surface area contributed by atoms with Crippen molar-refractivity contribution in [3.8, 4) is 11.5 Å². The number of benzene rings is 3. The Balaban J connectivity index is 2.12. The van der Waals surface area contributed by atoms with Crippen LogP contribution in [0.4, 0.5) is 35.1 Å². The van der Waals surface area contributed by atoms with Crippen molar-refractivity contribution in [2.75, 3.05) is 0 Å². The fourth-order valence-electron chi connectivity index (χ4n) is 3.18. The van der Waals surface area contributed by atoms with E-state index in [0.29, 0.717) is 23.3 Å². The number of carbonyl (C=O) groups is 2. The van der Waals surface area contributed by atoms with Crippen molar-refractivity contribution in [1.82, 2.24) is 0 Å². The van der Waals surface area contributed by atoms with Gasteiger partial charge >= 0.3 is 24.3 Å². The van der Waals surface area contributed by atoms with Gasteiger partial charge in [-0.25, -0.2) is 18.4 Å². The first-order chi connectivity index (χ1) is 16.6. The van der Waals surface area contributed by atoms with Crippen LogP contribution in [0.25, 0.3) is 0 Å². The SMILES string of the molecule is Cc1ccc(C(=O)Oc2ccc(OC(=O)c3ccc(C)cc3F)c(C(F)(F)F)c2C(F)(F)F)c(F)c1. The van der Waals surface area contributed by atoms with Crippen LogP contribution in [-0.2, 0) is 12.4 Å². The van der Waals surface area contributed by atoms with Gasteiger partial charge in [0.1, 0.15) is 34.3 Å². The topological polar surface area (TPSA) is 52.6 Å². The fraction of sp³-hybridized carbons (Fsp3) is 0.167. The lowest BCUT2D eigenvalue weighted by Gasteiger charge is -2.21. The number of ether oxygens (including phenoxy) is 2. The van der Waals surface area contributed by atoms with Gasteiger partial charge in [-0.05, 0) is 61.4 Å². The summed E-state index contributed by atoms with van der Waals surface area (Å²) in [6.45, 7) is 2.91. The van der Waals surface area contributed by atoms with Crippen LogP contribution >= 0.6 is 0 Å². The van der Waals surface area contributed by atoms with Gasteiger partial charge in [-0.2, -0.15) is 26.3 Å². The van der Waals surface area contributed by atoms with E-state index in [9.17, 15) is 44.7 Å². The molecule has 3 aromatic carbocycles. The van der Waals surface area contributed by atoms with E-state index in [4.69, 9.17) is 0 Å². The smallest absolute Gasteiger partial charge is 0.420 e. The van der Waals surface area contributed by atoms with Crippen LogP contribution in [0.5, 0.6) is 11.5 Å². The zero-order valence-corrected chi connectivity index (χ0v) is 18.3. The molecule has 4 nitrogen and oxygen atoms in total. The number of alkyl halides is 6. The Bertz CT molecular complexity index is 1240. The molecule has 3 rings (SSSR count). The van der Waals surface area contributed by atoms with Crippen molar-refractivity contribution in [3.63, 3.8) is 0 Å². The zero-order valence-electron chi connectivity index (χ0n) is 18.3. The fourth-order valence-corrected chi connectivity index (χ4v) is 3.18. The van der Waals surface area contributed by atoms with E-state index in [1.807, 2.05) is 0 Å². The van der Waals surface area contributed by atoms with E-state index >= 15 is 0 Å². The van der Waals surface area contributed by atoms with Crippen LogP contribution in [0.3, 0.4) is 0 Å². The summed E-state index contributed by atoms with van der Waals surface area (Å²) in [5.41, 5.74) is -5.93. The molecule has 0 spiro atoms. The molecule has 0 bridgehead atoms. The minimum absolute atomic E-state index is 0.302. The Morgan fingerprint density at radius 3 is 1.22 bits per heavy atom. The molecule has 12 heteroatoms. The highest BCUT2D eigenvalue weighted by Gasteiger charge is 2.49. The molecule has 0 aliphatic carbocycles. The molecule has 0 aromatic heterocycles. The molecule has 190 valence electrons. The van der Waals surface area contributed by atoms with E-state index in [1.54, 1.807) is 0 Å². The van der Waals surface area contributed by atoms with Crippen LogP contribution in [0.1, 0.15) is 43.0 Å². The molecule has 0 fully saturated rings. The van der Waals surface area contributed by atoms with E-state index in [2.05, 4.69) is 9.47 Å². The predicted molar refractivity (Wildman–Crippen MR) is 109 cm³/mol. The highest BCUT2D eigenvalue weighted by molar-refractivity contribution is 5.92. The van der Waals surface area contributed by atoms with Crippen LogP contribution in [0, 0.1) is 25.5 Å². The molecule has 0 unspecified atom stereocenters. The minimum atomic E-state index is -5.77. The largest absolute Gasteiger partial charge is 0.422 e. The molecular weight excluding hydrogens is 504 g/mol. The molecule has 0 saturated carbocycles. The second kappa shape index (κ2) is 9.59. The number of hydrogen-bond acceptors (Lipinski definition) is 4. The van der Waals surface area contributed by atoms with E-state index < -0.39 is 69.7 Å². The maximum absolute atomic E-state index is 14.0. The highest BCUT2D eigenvalue weighted by Crippen LogP contribution is 2.49. The molecular formula is C24H14F8O4. The second-order valence-corrected chi connectivity index (χ2v) is 7.55. The normalized spacial score (nSPS) is 11.8. The molecule has 0 saturated heterocycles. The molecule has 0 atom stereocenters. The van der Waals surface area contributed by atoms with Crippen molar-refractivity contribution >= 4 is 11.9 Å². The number of rotatable bonds is 4. The average Bonchev–Trinajstić information content (AvgIpc) is 2.72. The Hall–Kier alpha value is -3.96. The summed E-state index contributed by atoms with van der Waals surface area (Å²) in [6, 6.07) is 6.58. The third-order valence-corrected chi connectivity index (χ3v) is 4.79. The molecule has 0 aliphatic heterocycles. The average molecular weight is 518 g/mol. The van der Waals surface area contributed by atoms with Crippen molar-refractivity contribution < 1.29 is 54.2 Å². The maximum atomic E-state index is 14.0. The summed E-state index contributed by atoms with van der Waals surface area (Å²) in [5, 5.41) is 0. The standard InChI is InChI=1S/C24H14F8O4/c1-11-3-5-13(15(25)9-11)21(33)35-17-7-8-18(20(24(30,31)32)19(17)23(27,28)29)36-22(34)14-6-4-12(2)10-16(14)26/h3-10H,1-2H3. The lowest BCUT2D eigenvalue weighted by Crippen LogP contribution is -2.23. The van der Waals surface area contributed by atoms with Crippen LogP contribution in [0.15, 0.2) is 48.5 Å². The summed E-state index contributed by atoms with van der Waals surface area (Å²) in [6.07, 6.45) is -11.5. The summed E-state index contributed by atoms with van der Waals surface area (Å²) in [5.74, 6) is -8.96. The first kappa shape index (κ1) is 26.6. The lowest BCUT2D eigenvalue weighted by atomic mass is 10.0. The van der Waals surface area contributed by atoms with Gasteiger partial charge in [-0.15, -0.1) is 0 Å². The van der Waals surface area contributed by atoms with Crippen LogP contribution in [0.2, 0.25) is 0 Å². The van der Waals surface area contributed by atoms with Gasteiger partial charge in [0.05, 0.1) is 11.1 Å². The highest BCUT2D eigenvalue weighted by atomic mass is 19.4. The first-order valence-corrected chi connectivity index (χ1v) is 9.87. The number of esters is 2. The number of hydrogen-bond donors (Lipinski definition) is 0. The van der Waals surface area contributed by atoms with Crippen molar-refractivity contribution in [3.05, 3.63) is 93.5 Å². The van der Waals surface area contributed by atoms with Gasteiger partial charge in [0.15, 0.2) is 0 Å². The quantitative estimate of drug-likeness (QED) is 0.211. The van der Waals surface area contributed by atoms with Crippen LogP contribution in [-0.4, -0.2) is 11.9 Å². The van der Waals surface area contributed by atoms with Gasteiger partial charge in [-0.3, -0.25) is 0 Å². The molecule has 0 N–H and O–H groups in total. The molecule has 0 amide bonds. The molecule has 0 aliphatic rings. The Labute approximate surface area is 198 Å². The van der Waals surface area contributed by atoms with Gasteiger partial charge in [0.2, 0.25) is 0 Å². The Morgan fingerprint density at radius 2 is 0.944 bits per heavy atom. The van der Waals surface area contributed by atoms with Crippen molar-refractivity contribution in [2.24, 2.45) is 0 Å². The number of carbonyl (C=O) groups excluding carboxylic acids is 2. The van der Waals surface area contributed by atoms with Gasteiger partial charge in [0, 0.05) is 0 Å². The summed E-state index contributed by atoms with van der Waals surface area (Å²) in [4.78, 5) is 24.5. The second-order valence-electron chi connectivity index (χ2n) is 7.55. The summed E-state index contributed by atoms with van der Waals surface area (Å²) in [7, 11) is 0. The third kappa shape index (κ3) is 5.64.